The van der Waals surface area contributed by atoms with E-state index in [0.717, 1.165) is 5.92 Å². The highest BCUT2D eigenvalue weighted by molar-refractivity contribution is 5.50. The highest BCUT2D eigenvalue weighted by atomic mass is 14.9. The molecule has 1 N–H and O–H groups in total. The maximum absolute atomic E-state index is 3.64. The molecule has 0 aliphatic heterocycles. The molecule has 0 aliphatic rings. The van der Waals surface area contributed by atoms with E-state index in [1.54, 1.807) is 5.56 Å². The summed E-state index contributed by atoms with van der Waals surface area (Å²) in [5.74, 6) is 0.740. The fourth-order valence-corrected chi connectivity index (χ4v) is 3.83. The van der Waals surface area contributed by atoms with Crippen LogP contribution in [0.25, 0.3) is 0 Å². The zero-order chi connectivity index (χ0) is 16.2. The third kappa shape index (κ3) is 3.69. The Morgan fingerprint density at radius 3 is 1.43 bits per heavy atom. The van der Waals surface area contributed by atoms with Gasteiger partial charge in [0.05, 0.1) is 0 Å². The molecule has 1 rings (SSSR count). The first kappa shape index (κ1) is 18.2. The van der Waals surface area contributed by atoms with Gasteiger partial charge in [-0.15, -0.1) is 0 Å². The third-order valence-electron chi connectivity index (χ3n) is 5.47. The maximum Gasteiger partial charge on any atom is 0.0351 e. The van der Waals surface area contributed by atoms with E-state index in [1.807, 2.05) is 0 Å². The summed E-state index contributed by atoms with van der Waals surface area (Å²) in [6.45, 7) is 16.1. The molecule has 0 aliphatic carbocycles. The van der Waals surface area contributed by atoms with Crippen molar-refractivity contribution in [3.05, 3.63) is 33.4 Å². The van der Waals surface area contributed by atoms with Crippen molar-refractivity contribution in [3.63, 3.8) is 0 Å². The van der Waals surface area contributed by atoms with Gasteiger partial charge in [-0.25, -0.2) is 0 Å². The van der Waals surface area contributed by atoms with Gasteiger partial charge in [-0.05, 0) is 93.8 Å². The Morgan fingerprint density at radius 1 is 0.714 bits per heavy atom. The summed E-state index contributed by atoms with van der Waals surface area (Å²) in [7, 11) is 2.13. The highest BCUT2D eigenvalue weighted by Crippen LogP contribution is 2.36. The molecule has 0 heterocycles. The Kier molecular flexibility index (Phi) is 6.93. The lowest BCUT2D eigenvalue weighted by atomic mass is 9.79. The fourth-order valence-electron chi connectivity index (χ4n) is 3.83. The van der Waals surface area contributed by atoms with Crippen molar-refractivity contribution < 1.29 is 0 Å². The fraction of sp³-hybridized carbons (Fsp3) is 0.700. The van der Waals surface area contributed by atoms with Crippen molar-refractivity contribution in [1.29, 1.82) is 0 Å². The van der Waals surface area contributed by atoms with Crippen molar-refractivity contribution in [2.75, 3.05) is 7.05 Å². The van der Waals surface area contributed by atoms with E-state index in [9.17, 15) is 0 Å². The van der Waals surface area contributed by atoms with Crippen LogP contribution < -0.4 is 5.32 Å². The molecule has 0 amide bonds. The predicted octanol–water partition coefficient (Wildman–Crippen LogP) is 5.71. The number of rotatable bonds is 7. The van der Waals surface area contributed by atoms with Crippen molar-refractivity contribution in [1.82, 2.24) is 5.32 Å². The monoisotopic (exact) mass is 289 g/mol. The zero-order valence-corrected chi connectivity index (χ0v) is 15.5. The molecular weight excluding hydrogens is 254 g/mol. The van der Waals surface area contributed by atoms with Crippen molar-refractivity contribution in [2.45, 2.75) is 80.2 Å². The molecule has 0 bridgehead atoms. The molecule has 1 unspecified atom stereocenters. The van der Waals surface area contributed by atoms with Gasteiger partial charge in [0.15, 0.2) is 0 Å². The minimum Gasteiger partial charge on any atom is -0.313 e. The molecule has 21 heavy (non-hydrogen) atoms. The molecule has 0 saturated heterocycles. The van der Waals surface area contributed by atoms with E-state index in [2.05, 4.69) is 60.8 Å². The Labute approximate surface area is 132 Å². The molecule has 1 aromatic rings. The Balaban J connectivity index is 3.40. The minimum atomic E-state index is 0.489. The van der Waals surface area contributed by atoms with E-state index < -0.39 is 0 Å². The van der Waals surface area contributed by atoms with E-state index in [1.165, 1.54) is 53.5 Å². The second-order valence-electron chi connectivity index (χ2n) is 6.64. The van der Waals surface area contributed by atoms with Crippen LogP contribution in [-0.4, -0.2) is 7.05 Å². The van der Waals surface area contributed by atoms with Crippen LogP contribution in [0.3, 0.4) is 0 Å². The van der Waals surface area contributed by atoms with Gasteiger partial charge in [-0.3, -0.25) is 0 Å². The van der Waals surface area contributed by atoms with Gasteiger partial charge in [0.1, 0.15) is 0 Å². The molecule has 0 aromatic heterocycles. The van der Waals surface area contributed by atoms with Gasteiger partial charge in [-0.2, -0.15) is 0 Å². The van der Waals surface area contributed by atoms with Gasteiger partial charge in [0, 0.05) is 6.04 Å². The largest absolute Gasteiger partial charge is 0.313 e. The van der Waals surface area contributed by atoms with E-state index in [-0.39, 0.29) is 0 Å². The van der Waals surface area contributed by atoms with Gasteiger partial charge < -0.3 is 5.32 Å². The van der Waals surface area contributed by atoms with E-state index in [4.69, 9.17) is 0 Å². The van der Waals surface area contributed by atoms with Crippen LogP contribution in [0.15, 0.2) is 0 Å². The predicted molar refractivity (Wildman–Crippen MR) is 95.2 cm³/mol. The number of nitrogens with one attached hydrogen (secondary N) is 1. The molecule has 0 saturated carbocycles. The van der Waals surface area contributed by atoms with Gasteiger partial charge in [0.25, 0.3) is 0 Å². The molecular formula is C20H35N. The lowest BCUT2D eigenvalue weighted by molar-refractivity contribution is 0.329. The van der Waals surface area contributed by atoms with Crippen LogP contribution in [-0.2, 0) is 0 Å². The van der Waals surface area contributed by atoms with Crippen molar-refractivity contribution in [3.8, 4) is 0 Å². The summed E-state index contributed by atoms with van der Waals surface area (Å²) < 4.78 is 0. The minimum absolute atomic E-state index is 0.489. The standard InChI is InChI=1S/C20H35N/c1-9-11-18(12-10-2)20(21-8)19-16(6)14(4)13(3)15(5)17(19)7/h18,20-21H,9-12H2,1-8H3. The molecule has 120 valence electrons. The van der Waals surface area contributed by atoms with E-state index in [0.29, 0.717) is 6.04 Å². The Morgan fingerprint density at radius 2 is 1.10 bits per heavy atom. The third-order valence-corrected chi connectivity index (χ3v) is 5.47. The Hall–Kier alpha value is -0.820. The molecule has 0 radical (unpaired) electrons. The number of hydrogen-bond acceptors (Lipinski definition) is 1. The van der Waals surface area contributed by atoms with Crippen molar-refractivity contribution in [2.24, 2.45) is 5.92 Å². The second kappa shape index (κ2) is 7.98. The van der Waals surface area contributed by atoms with Crippen molar-refractivity contribution >= 4 is 0 Å². The summed E-state index contributed by atoms with van der Waals surface area (Å²) in [5, 5.41) is 3.64. The van der Waals surface area contributed by atoms with Crippen LogP contribution in [0.4, 0.5) is 0 Å². The van der Waals surface area contributed by atoms with E-state index >= 15 is 0 Å². The highest BCUT2D eigenvalue weighted by Gasteiger charge is 2.25. The van der Waals surface area contributed by atoms with Gasteiger partial charge >= 0.3 is 0 Å². The average molecular weight is 290 g/mol. The Bertz CT molecular complexity index is 438. The number of hydrogen-bond donors (Lipinski definition) is 1. The topological polar surface area (TPSA) is 12.0 Å². The summed E-state index contributed by atoms with van der Waals surface area (Å²) in [5.41, 5.74) is 8.95. The smallest absolute Gasteiger partial charge is 0.0351 e. The first-order valence-corrected chi connectivity index (χ1v) is 8.64. The first-order valence-electron chi connectivity index (χ1n) is 8.64. The average Bonchev–Trinajstić information content (AvgIpc) is 2.47. The first-order chi connectivity index (χ1) is 9.90. The molecule has 1 aromatic carbocycles. The zero-order valence-electron chi connectivity index (χ0n) is 15.5. The quantitative estimate of drug-likeness (QED) is 0.678. The SMILES string of the molecule is CCCC(CCC)C(NC)c1c(C)c(C)c(C)c(C)c1C. The molecule has 1 nitrogen and oxygen atoms in total. The van der Waals surface area contributed by atoms with Gasteiger partial charge in [-0.1, -0.05) is 26.7 Å². The van der Waals surface area contributed by atoms with Crippen LogP contribution in [0.1, 0.15) is 79.0 Å². The maximum atomic E-state index is 3.64. The second-order valence-corrected chi connectivity index (χ2v) is 6.64. The van der Waals surface area contributed by atoms with Crippen LogP contribution in [0, 0.1) is 40.5 Å². The van der Waals surface area contributed by atoms with Crippen LogP contribution >= 0.6 is 0 Å². The molecule has 1 atom stereocenters. The molecule has 0 spiro atoms. The normalized spacial score (nSPS) is 13.0. The van der Waals surface area contributed by atoms with Crippen LogP contribution in [0.2, 0.25) is 0 Å². The number of benzene rings is 1. The molecule has 0 fully saturated rings. The summed E-state index contributed by atoms with van der Waals surface area (Å²) in [6, 6.07) is 0.489. The lowest BCUT2D eigenvalue weighted by Gasteiger charge is -2.31. The summed E-state index contributed by atoms with van der Waals surface area (Å²) >= 11 is 0. The summed E-state index contributed by atoms with van der Waals surface area (Å²) in [6.07, 6.45) is 5.16. The lowest BCUT2D eigenvalue weighted by Crippen LogP contribution is -2.27. The molecule has 1 heteroatoms. The van der Waals surface area contributed by atoms with Crippen LogP contribution in [0.5, 0.6) is 0 Å². The van der Waals surface area contributed by atoms with Gasteiger partial charge in [0.2, 0.25) is 0 Å². The summed E-state index contributed by atoms with van der Waals surface area (Å²) in [4.78, 5) is 0.